The van der Waals surface area contributed by atoms with Gasteiger partial charge in [0.2, 0.25) is 0 Å². The summed E-state index contributed by atoms with van der Waals surface area (Å²) < 4.78 is 23.7. The van der Waals surface area contributed by atoms with Gasteiger partial charge in [-0.1, -0.05) is 30.3 Å². The minimum Gasteiger partial charge on any atom is -0.497 e. The predicted molar refractivity (Wildman–Crippen MR) is 156 cm³/mol. The summed E-state index contributed by atoms with van der Waals surface area (Å²) in [6.45, 7) is 2.44. The van der Waals surface area contributed by atoms with Crippen LogP contribution in [0.4, 0.5) is 5.69 Å². The van der Waals surface area contributed by atoms with Crippen LogP contribution in [0.3, 0.4) is 0 Å². The van der Waals surface area contributed by atoms with Crippen LogP contribution in [0.15, 0.2) is 70.7 Å². The maximum atomic E-state index is 12.3. The number of aliphatic carboxylic acids is 1. The Labute approximate surface area is 245 Å². The molecule has 3 aromatic carbocycles. The van der Waals surface area contributed by atoms with Gasteiger partial charge in [-0.25, -0.2) is 4.79 Å². The zero-order valence-corrected chi connectivity index (χ0v) is 24.1. The van der Waals surface area contributed by atoms with Crippen molar-refractivity contribution in [3.63, 3.8) is 0 Å². The second-order valence-corrected chi connectivity index (χ2v) is 9.67. The molecule has 0 atom stereocenters. The topological polar surface area (TPSA) is 148 Å². The first kappa shape index (κ1) is 29.9. The van der Waals surface area contributed by atoms with Gasteiger partial charge in [0, 0.05) is 18.2 Å². The first-order valence-corrected chi connectivity index (χ1v) is 13.4. The van der Waals surface area contributed by atoms with E-state index in [-0.39, 0.29) is 39.4 Å². The summed E-state index contributed by atoms with van der Waals surface area (Å²) in [5, 5.41) is 30.8. The molecule has 4 rings (SSSR count). The summed E-state index contributed by atoms with van der Waals surface area (Å²) in [6, 6.07) is 17.1. The minimum atomic E-state index is -1.30. The van der Waals surface area contributed by atoms with E-state index < -0.39 is 10.9 Å². The van der Waals surface area contributed by atoms with E-state index >= 15 is 0 Å². The Bertz CT molecular complexity index is 1600. The van der Waals surface area contributed by atoms with Gasteiger partial charge >= 0.3 is 5.97 Å². The third-order valence-corrected chi connectivity index (χ3v) is 7.09. The smallest absolute Gasteiger partial charge is 0.342 e. The third kappa shape index (κ3) is 6.81. The number of carboxylic acids is 1. The molecule has 0 saturated carbocycles. The second kappa shape index (κ2) is 13.5. The van der Waals surface area contributed by atoms with Gasteiger partial charge in [-0.15, -0.1) is 10.2 Å². The number of nitro benzene ring substituents is 1. The van der Waals surface area contributed by atoms with E-state index in [9.17, 15) is 20.0 Å². The molecule has 0 bridgehead atoms. The zero-order chi connectivity index (χ0) is 30.2. The van der Waals surface area contributed by atoms with Crippen molar-refractivity contribution >= 4 is 29.5 Å². The molecule has 1 N–H and O–H groups in total. The highest BCUT2D eigenvalue weighted by atomic mass is 32.2. The highest BCUT2D eigenvalue weighted by Crippen LogP contribution is 2.39. The van der Waals surface area contributed by atoms with Gasteiger partial charge in [0.1, 0.15) is 23.0 Å². The lowest BCUT2D eigenvalue weighted by atomic mass is 10.1. The van der Waals surface area contributed by atoms with Crippen LogP contribution in [0.1, 0.15) is 18.1 Å². The van der Waals surface area contributed by atoms with Gasteiger partial charge < -0.3 is 28.6 Å². The van der Waals surface area contributed by atoms with Crippen LogP contribution in [-0.4, -0.2) is 52.1 Å². The standard InChI is InChI=1S/C29H28N4O8S/c1-5-32-27(20-11-21(38-2)15-22(12-20)39-3)30-31-29(32)42-26(28(34)35)14-19-13-24(40-4)25(16-23(19)33(36)37)41-17-18-9-7-6-8-10-18/h6-16H,5,17H2,1-4H3,(H,34,35)/b26-14-. The van der Waals surface area contributed by atoms with Gasteiger partial charge in [-0.3, -0.25) is 10.1 Å². The summed E-state index contributed by atoms with van der Waals surface area (Å²) in [5.74, 6) is 0.630. The Morgan fingerprint density at radius 1 is 1.00 bits per heavy atom. The Hall–Kier alpha value is -5.04. The van der Waals surface area contributed by atoms with Gasteiger partial charge in [0.15, 0.2) is 22.5 Å². The molecule has 0 amide bonds. The predicted octanol–water partition coefficient (Wildman–Crippen LogP) is 5.70. The van der Waals surface area contributed by atoms with E-state index in [0.29, 0.717) is 29.4 Å². The number of methoxy groups -OCH3 is 3. The molecule has 1 aromatic heterocycles. The normalized spacial score (nSPS) is 11.2. The van der Waals surface area contributed by atoms with Crippen molar-refractivity contribution < 1.29 is 33.8 Å². The number of thioether (sulfide) groups is 1. The number of ether oxygens (including phenoxy) is 4. The Morgan fingerprint density at radius 2 is 1.69 bits per heavy atom. The van der Waals surface area contributed by atoms with Crippen molar-refractivity contribution in [2.45, 2.75) is 25.2 Å². The fraction of sp³-hybridized carbons (Fsp3) is 0.207. The molecular weight excluding hydrogens is 564 g/mol. The van der Waals surface area contributed by atoms with Crippen molar-refractivity contribution in [3.8, 4) is 34.4 Å². The molecule has 218 valence electrons. The SMILES string of the molecule is CCn1c(S/C(=C\c2cc(OC)c(OCc3ccccc3)cc2[N+](=O)[O-])C(=O)O)nnc1-c1cc(OC)cc(OC)c1. The minimum absolute atomic E-state index is 0.0223. The number of hydrogen-bond donors (Lipinski definition) is 1. The average Bonchev–Trinajstić information content (AvgIpc) is 3.42. The van der Waals surface area contributed by atoms with E-state index in [1.165, 1.54) is 39.5 Å². The van der Waals surface area contributed by atoms with E-state index in [2.05, 4.69) is 10.2 Å². The molecule has 1 heterocycles. The molecule has 0 saturated heterocycles. The summed E-state index contributed by atoms with van der Waals surface area (Å²) in [7, 11) is 4.46. The van der Waals surface area contributed by atoms with Gasteiger partial charge in [0.05, 0.1) is 37.9 Å². The van der Waals surface area contributed by atoms with Crippen LogP contribution >= 0.6 is 11.8 Å². The number of nitro groups is 1. The van der Waals surface area contributed by atoms with Gasteiger partial charge in [-0.2, -0.15) is 0 Å². The Kier molecular flexibility index (Phi) is 9.65. The molecule has 0 radical (unpaired) electrons. The summed E-state index contributed by atoms with van der Waals surface area (Å²) in [6.07, 6.45) is 1.21. The molecule has 13 heteroatoms. The maximum Gasteiger partial charge on any atom is 0.342 e. The fourth-order valence-corrected chi connectivity index (χ4v) is 4.90. The molecule has 0 fully saturated rings. The molecule has 0 aliphatic heterocycles. The van der Waals surface area contributed by atoms with Crippen LogP contribution in [0.2, 0.25) is 0 Å². The molecule has 0 spiro atoms. The molecule has 0 aliphatic rings. The molecule has 42 heavy (non-hydrogen) atoms. The van der Waals surface area contributed by atoms with E-state index in [1.54, 1.807) is 22.8 Å². The van der Waals surface area contributed by atoms with Crippen LogP contribution in [0.5, 0.6) is 23.0 Å². The maximum absolute atomic E-state index is 12.3. The third-order valence-electron chi connectivity index (χ3n) is 6.09. The Balaban J connectivity index is 1.71. The summed E-state index contributed by atoms with van der Waals surface area (Å²) in [4.78, 5) is 23.5. The highest BCUT2D eigenvalue weighted by molar-refractivity contribution is 8.04. The number of benzene rings is 3. The van der Waals surface area contributed by atoms with E-state index in [1.807, 2.05) is 37.3 Å². The monoisotopic (exact) mass is 592 g/mol. The molecule has 12 nitrogen and oxygen atoms in total. The van der Waals surface area contributed by atoms with Crippen molar-refractivity contribution in [3.05, 3.63) is 86.8 Å². The molecular formula is C29H28N4O8S. The lowest BCUT2D eigenvalue weighted by Crippen LogP contribution is -2.04. The van der Waals surface area contributed by atoms with Gasteiger partial charge in [0.25, 0.3) is 5.69 Å². The average molecular weight is 593 g/mol. The van der Waals surface area contributed by atoms with Crippen molar-refractivity contribution in [2.24, 2.45) is 0 Å². The number of nitrogens with zero attached hydrogens (tertiary/aromatic N) is 4. The number of carboxylic acid groups (broad SMARTS) is 1. The lowest BCUT2D eigenvalue weighted by Gasteiger charge is -2.12. The Morgan fingerprint density at radius 3 is 2.26 bits per heavy atom. The van der Waals surface area contributed by atoms with Crippen molar-refractivity contribution in [2.75, 3.05) is 21.3 Å². The molecule has 0 unspecified atom stereocenters. The zero-order valence-electron chi connectivity index (χ0n) is 23.3. The van der Waals surface area contributed by atoms with E-state index in [0.717, 1.165) is 17.3 Å². The first-order valence-electron chi connectivity index (χ1n) is 12.6. The van der Waals surface area contributed by atoms with Gasteiger partial charge in [-0.05, 0) is 48.5 Å². The summed E-state index contributed by atoms with van der Waals surface area (Å²) in [5.41, 5.74) is 1.19. The number of carbonyl (C=O) groups is 1. The van der Waals surface area contributed by atoms with Crippen LogP contribution in [0, 0.1) is 10.1 Å². The molecule has 4 aromatic rings. The van der Waals surface area contributed by atoms with Crippen molar-refractivity contribution in [1.82, 2.24) is 14.8 Å². The van der Waals surface area contributed by atoms with Crippen molar-refractivity contribution in [1.29, 1.82) is 0 Å². The highest BCUT2D eigenvalue weighted by Gasteiger charge is 2.23. The first-order chi connectivity index (χ1) is 20.3. The fourth-order valence-electron chi connectivity index (χ4n) is 4.02. The number of rotatable bonds is 13. The van der Waals surface area contributed by atoms with Crippen LogP contribution in [-0.2, 0) is 17.9 Å². The quantitative estimate of drug-likeness (QED) is 0.0882. The second-order valence-electron chi connectivity index (χ2n) is 8.66. The largest absolute Gasteiger partial charge is 0.497 e. The summed E-state index contributed by atoms with van der Waals surface area (Å²) >= 11 is 0.818. The lowest BCUT2D eigenvalue weighted by molar-refractivity contribution is -0.385. The number of aromatic nitrogens is 3. The number of hydrogen-bond acceptors (Lipinski definition) is 10. The molecule has 0 aliphatic carbocycles. The van der Waals surface area contributed by atoms with Crippen LogP contribution < -0.4 is 18.9 Å². The van der Waals surface area contributed by atoms with Crippen LogP contribution in [0.25, 0.3) is 17.5 Å². The van der Waals surface area contributed by atoms with E-state index in [4.69, 9.17) is 18.9 Å².